The van der Waals surface area contributed by atoms with Crippen LogP contribution in [-0.4, -0.2) is 12.9 Å². The summed E-state index contributed by atoms with van der Waals surface area (Å²) in [7, 11) is 0. The highest BCUT2D eigenvalue weighted by Gasteiger charge is 2.11. The fourth-order valence-electron chi connectivity index (χ4n) is 0.974. The van der Waals surface area contributed by atoms with E-state index in [4.69, 9.17) is 4.74 Å². The number of ether oxygens (including phenoxy) is 1. The van der Waals surface area contributed by atoms with Crippen molar-refractivity contribution in [2.75, 3.05) is 12.9 Å². The zero-order valence-electron chi connectivity index (χ0n) is 7.43. The highest BCUT2D eigenvalue weighted by Crippen LogP contribution is 2.34. The summed E-state index contributed by atoms with van der Waals surface area (Å²) in [4.78, 5) is 0.552. The number of halogens is 2. The Kier molecular flexibility index (Phi) is 4.06. The molecule has 0 aromatic heterocycles. The molecule has 0 atom stereocenters. The summed E-state index contributed by atoms with van der Waals surface area (Å²) in [6, 6.07) is 3.42. The first-order valence-electron chi connectivity index (χ1n) is 3.85. The predicted molar refractivity (Wildman–Crippen MR) is 57.1 cm³/mol. The van der Waals surface area contributed by atoms with Gasteiger partial charge >= 0.3 is 0 Å². The first-order chi connectivity index (χ1) is 6.20. The molecule has 0 saturated heterocycles. The molecule has 4 heteroatoms. The van der Waals surface area contributed by atoms with Crippen LogP contribution >= 0.6 is 27.7 Å². The van der Waals surface area contributed by atoms with Crippen LogP contribution in [0.5, 0.6) is 5.75 Å². The van der Waals surface area contributed by atoms with E-state index in [9.17, 15) is 4.39 Å². The third kappa shape index (κ3) is 2.38. The Morgan fingerprint density at radius 1 is 1.54 bits per heavy atom. The molecule has 0 amide bonds. The van der Waals surface area contributed by atoms with Gasteiger partial charge in [-0.25, -0.2) is 4.39 Å². The quantitative estimate of drug-likeness (QED) is 0.770. The average molecular weight is 265 g/mol. The van der Waals surface area contributed by atoms with Gasteiger partial charge in [-0.2, -0.15) is 0 Å². The molecule has 0 heterocycles. The monoisotopic (exact) mass is 264 g/mol. The van der Waals surface area contributed by atoms with E-state index in [0.717, 1.165) is 0 Å². The van der Waals surface area contributed by atoms with E-state index in [2.05, 4.69) is 15.9 Å². The molecule has 0 N–H and O–H groups in total. The molecule has 1 rings (SSSR count). The van der Waals surface area contributed by atoms with Crippen molar-refractivity contribution in [3.63, 3.8) is 0 Å². The van der Waals surface area contributed by atoms with Crippen LogP contribution in [0.4, 0.5) is 4.39 Å². The van der Waals surface area contributed by atoms with Gasteiger partial charge in [-0.05, 0) is 41.2 Å². The Hall–Kier alpha value is -0.220. The second-order valence-electron chi connectivity index (χ2n) is 2.33. The number of hydrogen-bond donors (Lipinski definition) is 0. The highest BCUT2D eigenvalue weighted by atomic mass is 79.9. The predicted octanol–water partition coefficient (Wildman–Crippen LogP) is 3.71. The zero-order chi connectivity index (χ0) is 9.84. The number of thioether (sulfide) groups is 1. The first-order valence-corrected chi connectivity index (χ1v) is 5.87. The maximum absolute atomic E-state index is 13.4. The first kappa shape index (κ1) is 10.9. The maximum Gasteiger partial charge on any atom is 0.154 e. The van der Waals surface area contributed by atoms with Crippen LogP contribution in [0.15, 0.2) is 21.5 Å². The molecule has 0 radical (unpaired) electrons. The van der Waals surface area contributed by atoms with E-state index in [0.29, 0.717) is 21.7 Å². The van der Waals surface area contributed by atoms with Crippen molar-refractivity contribution in [3.05, 3.63) is 22.4 Å². The molecule has 72 valence electrons. The fraction of sp³-hybridized carbons (Fsp3) is 0.333. The Balaban J connectivity index is 3.13. The lowest BCUT2D eigenvalue weighted by Crippen LogP contribution is -1.95. The minimum Gasteiger partial charge on any atom is -0.493 e. The average Bonchev–Trinajstić information content (AvgIpc) is 2.12. The van der Waals surface area contributed by atoms with E-state index in [1.54, 1.807) is 12.1 Å². The molecule has 1 aromatic carbocycles. The molecule has 0 aliphatic rings. The summed E-state index contributed by atoms with van der Waals surface area (Å²) in [6.07, 6.45) is 1.83. The van der Waals surface area contributed by atoms with E-state index >= 15 is 0 Å². The minimum atomic E-state index is -0.251. The molecule has 0 fully saturated rings. The largest absolute Gasteiger partial charge is 0.493 e. The summed E-state index contributed by atoms with van der Waals surface area (Å²) >= 11 is 4.47. The standard InChI is InChI=1S/C9H10BrFOS/c1-3-12-7-5-4-6(10)8(11)9(7)13-2/h4-5H,3H2,1-2H3. The Morgan fingerprint density at radius 3 is 2.77 bits per heavy atom. The summed E-state index contributed by atoms with van der Waals surface area (Å²) in [5, 5.41) is 0. The Bertz CT molecular complexity index is 304. The summed E-state index contributed by atoms with van der Waals surface area (Å²) < 4.78 is 19.2. The van der Waals surface area contributed by atoms with Crippen LogP contribution in [0.2, 0.25) is 0 Å². The van der Waals surface area contributed by atoms with Gasteiger partial charge in [0.25, 0.3) is 0 Å². The van der Waals surface area contributed by atoms with Crippen molar-refractivity contribution < 1.29 is 9.13 Å². The van der Waals surface area contributed by atoms with Crippen LogP contribution < -0.4 is 4.74 Å². The van der Waals surface area contributed by atoms with E-state index in [1.807, 2.05) is 13.2 Å². The molecular formula is C9H10BrFOS. The van der Waals surface area contributed by atoms with Crippen LogP contribution in [0.25, 0.3) is 0 Å². The molecule has 0 saturated carbocycles. The molecule has 0 bridgehead atoms. The van der Waals surface area contributed by atoms with Gasteiger partial charge in [0.2, 0.25) is 0 Å². The lowest BCUT2D eigenvalue weighted by Gasteiger charge is -2.09. The molecule has 1 aromatic rings. The van der Waals surface area contributed by atoms with Gasteiger partial charge < -0.3 is 4.74 Å². The van der Waals surface area contributed by atoms with E-state index < -0.39 is 0 Å². The number of hydrogen-bond acceptors (Lipinski definition) is 2. The zero-order valence-corrected chi connectivity index (χ0v) is 9.84. The third-order valence-corrected chi connectivity index (χ3v) is 2.92. The minimum absolute atomic E-state index is 0.251. The molecule has 0 unspecified atom stereocenters. The Labute approximate surface area is 89.8 Å². The Morgan fingerprint density at radius 2 is 2.23 bits per heavy atom. The smallest absolute Gasteiger partial charge is 0.154 e. The SMILES string of the molecule is CCOc1ccc(Br)c(F)c1SC. The van der Waals surface area contributed by atoms with Crippen LogP contribution in [0.3, 0.4) is 0 Å². The summed E-state index contributed by atoms with van der Waals surface area (Å²) in [6.45, 7) is 2.43. The summed E-state index contributed by atoms with van der Waals surface area (Å²) in [5.41, 5.74) is 0. The lowest BCUT2D eigenvalue weighted by atomic mass is 10.3. The van der Waals surface area contributed by atoms with Gasteiger partial charge in [0, 0.05) is 0 Å². The van der Waals surface area contributed by atoms with Crippen LogP contribution in [-0.2, 0) is 0 Å². The van der Waals surface area contributed by atoms with Gasteiger partial charge in [0.1, 0.15) is 5.75 Å². The maximum atomic E-state index is 13.4. The molecule has 0 spiro atoms. The number of rotatable bonds is 3. The molecule has 0 aliphatic carbocycles. The van der Waals surface area contributed by atoms with Gasteiger partial charge in [-0.1, -0.05) is 0 Å². The van der Waals surface area contributed by atoms with Crippen molar-refractivity contribution in [2.24, 2.45) is 0 Å². The molecule has 0 aliphatic heterocycles. The summed E-state index contributed by atoms with van der Waals surface area (Å²) in [5.74, 6) is 0.356. The topological polar surface area (TPSA) is 9.23 Å². The normalized spacial score (nSPS) is 10.2. The van der Waals surface area contributed by atoms with Crippen molar-refractivity contribution >= 4 is 27.7 Å². The molecular weight excluding hydrogens is 255 g/mol. The lowest BCUT2D eigenvalue weighted by molar-refractivity contribution is 0.328. The molecule has 13 heavy (non-hydrogen) atoms. The number of benzene rings is 1. The highest BCUT2D eigenvalue weighted by molar-refractivity contribution is 9.10. The fourth-order valence-corrected chi connectivity index (χ4v) is 2.05. The second kappa shape index (κ2) is 4.86. The van der Waals surface area contributed by atoms with Gasteiger partial charge in [0.05, 0.1) is 16.0 Å². The van der Waals surface area contributed by atoms with Gasteiger partial charge in [-0.15, -0.1) is 11.8 Å². The van der Waals surface area contributed by atoms with Gasteiger partial charge in [-0.3, -0.25) is 0 Å². The van der Waals surface area contributed by atoms with E-state index in [-0.39, 0.29) is 5.82 Å². The van der Waals surface area contributed by atoms with Crippen molar-refractivity contribution in [2.45, 2.75) is 11.8 Å². The van der Waals surface area contributed by atoms with E-state index in [1.165, 1.54) is 11.8 Å². The van der Waals surface area contributed by atoms with Crippen molar-refractivity contribution in [1.29, 1.82) is 0 Å². The molecule has 1 nitrogen and oxygen atoms in total. The van der Waals surface area contributed by atoms with Crippen molar-refractivity contribution in [1.82, 2.24) is 0 Å². The van der Waals surface area contributed by atoms with Crippen molar-refractivity contribution in [3.8, 4) is 5.75 Å². The second-order valence-corrected chi connectivity index (χ2v) is 4.00. The van der Waals surface area contributed by atoms with Crippen LogP contribution in [0, 0.1) is 5.82 Å². The van der Waals surface area contributed by atoms with Crippen LogP contribution in [0.1, 0.15) is 6.92 Å². The third-order valence-electron chi connectivity index (χ3n) is 1.52. The van der Waals surface area contributed by atoms with Gasteiger partial charge in [0.15, 0.2) is 5.82 Å².